The van der Waals surface area contributed by atoms with Crippen molar-refractivity contribution in [1.82, 2.24) is 0 Å². The van der Waals surface area contributed by atoms with Gasteiger partial charge in [0.05, 0.1) is 16.4 Å². The number of Topliss-reactive ketones (excluding diaryl/α,β-unsaturated/α-hetero) is 1. The van der Waals surface area contributed by atoms with Gasteiger partial charge >= 0.3 is 0 Å². The number of nitro groups is 1. The number of aryl methyl sites for hydroxylation is 1. The monoisotopic (exact) mass is 406 g/mol. The topological polar surface area (TPSA) is 89.3 Å². The number of thioether (sulfide) groups is 1. The molecule has 3 rings (SSSR count). The first-order valence-corrected chi connectivity index (χ1v) is 9.80. The molecule has 6 nitrogen and oxygen atoms in total. The molecule has 3 aromatic carbocycles. The van der Waals surface area contributed by atoms with Crippen LogP contribution in [0.15, 0.2) is 77.7 Å². The van der Waals surface area contributed by atoms with E-state index in [2.05, 4.69) is 5.32 Å². The highest BCUT2D eigenvalue weighted by atomic mass is 32.2. The lowest BCUT2D eigenvalue weighted by Gasteiger charge is -2.09. The van der Waals surface area contributed by atoms with Gasteiger partial charge in [0.1, 0.15) is 0 Å². The fourth-order valence-corrected chi connectivity index (χ4v) is 3.49. The first kappa shape index (κ1) is 20.3. The molecule has 0 unspecified atom stereocenters. The number of non-ortho nitro benzene ring substituents is 1. The van der Waals surface area contributed by atoms with Gasteiger partial charge in [-0.3, -0.25) is 19.7 Å². The predicted molar refractivity (Wildman–Crippen MR) is 114 cm³/mol. The van der Waals surface area contributed by atoms with Crippen molar-refractivity contribution in [2.24, 2.45) is 0 Å². The summed E-state index contributed by atoms with van der Waals surface area (Å²) in [4.78, 5) is 36.1. The summed E-state index contributed by atoms with van der Waals surface area (Å²) in [6.07, 6.45) is 0. The maximum absolute atomic E-state index is 12.6. The summed E-state index contributed by atoms with van der Waals surface area (Å²) in [5, 5.41) is 13.7. The molecule has 1 N–H and O–H groups in total. The molecule has 0 aromatic heterocycles. The maximum Gasteiger partial charge on any atom is 0.271 e. The van der Waals surface area contributed by atoms with Gasteiger partial charge in [0.25, 0.3) is 11.6 Å². The van der Waals surface area contributed by atoms with Crippen LogP contribution in [0, 0.1) is 17.0 Å². The minimum atomic E-state index is -0.504. The number of benzene rings is 3. The Morgan fingerprint density at radius 3 is 2.41 bits per heavy atom. The summed E-state index contributed by atoms with van der Waals surface area (Å²) >= 11 is 1.35. The van der Waals surface area contributed by atoms with E-state index in [9.17, 15) is 19.7 Å². The lowest BCUT2D eigenvalue weighted by Crippen LogP contribution is -2.13. The van der Waals surface area contributed by atoms with Crippen LogP contribution in [0.5, 0.6) is 0 Å². The highest BCUT2D eigenvalue weighted by Crippen LogP contribution is 2.24. The third-order valence-corrected chi connectivity index (χ3v) is 5.24. The molecule has 0 fully saturated rings. The molecule has 7 heteroatoms. The van der Waals surface area contributed by atoms with Crippen LogP contribution in [0.25, 0.3) is 0 Å². The molecule has 3 aromatic rings. The molecule has 0 heterocycles. The normalized spacial score (nSPS) is 10.4. The van der Waals surface area contributed by atoms with E-state index in [4.69, 9.17) is 0 Å². The van der Waals surface area contributed by atoms with Crippen molar-refractivity contribution in [3.8, 4) is 0 Å². The number of hydrogen-bond donors (Lipinski definition) is 1. The van der Waals surface area contributed by atoms with Crippen molar-refractivity contribution in [1.29, 1.82) is 0 Å². The highest BCUT2D eigenvalue weighted by molar-refractivity contribution is 8.00. The average molecular weight is 406 g/mol. The summed E-state index contributed by atoms with van der Waals surface area (Å²) in [6, 6.07) is 20.3. The third kappa shape index (κ3) is 5.30. The van der Waals surface area contributed by atoms with E-state index in [1.807, 2.05) is 24.3 Å². The molecule has 0 radical (unpaired) electrons. The fraction of sp³-hybridized carbons (Fsp3) is 0.0909. The zero-order valence-corrected chi connectivity index (χ0v) is 16.4. The van der Waals surface area contributed by atoms with Crippen LogP contribution in [0.4, 0.5) is 11.4 Å². The summed E-state index contributed by atoms with van der Waals surface area (Å²) < 4.78 is 0. The van der Waals surface area contributed by atoms with Crippen molar-refractivity contribution in [2.75, 3.05) is 11.1 Å². The summed E-state index contributed by atoms with van der Waals surface area (Å²) in [6.45, 7) is 1.76. The van der Waals surface area contributed by atoms with Crippen molar-refractivity contribution in [3.05, 3.63) is 99.6 Å². The van der Waals surface area contributed by atoms with Crippen molar-refractivity contribution < 1.29 is 14.5 Å². The van der Waals surface area contributed by atoms with E-state index < -0.39 is 4.92 Å². The van der Waals surface area contributed by atoms with E-state index in [-0.39, 0.29) is 23.1 Å². The molecule has 0 aliphatic rings. The SMILES string of the molecule is Cc1ccc([N+](=O)[O-])cc1NC(=O)c1cccc(SCC(=O)c2ccccc2)c1. The maximum atomic E-state index is 12.6. The Morgan fingerprint density at radius 1 is 0.966 bits per heavy atom. The first-order chi connectivity index (χ1) is 13.9. The molecule has 0 bridgehead atoms. The molecule has 0 atom stereocenters. The van der Waals surface area contributed by atoms with Gasteiger partial charge < -0.3 is 5.32 Å². The Balaban J connectivity index is 1.69. The molecule has 0 saturated heterocycles. The van der Waals surface area contributed by atoms with Gasteiger partial charge in [-0.1, -0.05) is 42.5 Å². The summed E-state index contributed by atoms with van der Waals surface area (Å²) in [5.74, 6) is -0.0953. The number of nitrogens with zero attached hydrogens (tertiary/aromatic N) is 1. The first-order valence-electron chi connectivity index (χ1n) is 8.81. The molecular weight excluding hydrogens is 388 g/mol. The Bertz CT molecular complexity index is 1070. The third-order valence-electron chi connectivity index (χ3n) is 4.24. The van der Waals surface area contributed by atoms with E-state index in [0.717, 1.165) is 10.5 Å². The minimum Gasteiger partial charge on any atom is -0.321 e. The van der Waals surface area contributed by atoms with Gasteiger partial charge in [-0.15, -0.1) is 11.8 Å². The zero-order chi connectivity index (χ0) is 20.8. The highest BCUT2D eigenvalue weighted by Gasteiger charge is 2.13. The van der Waals surface area contributed by atoms with Gasteiger partial charge in [0, 0.05) is 28.2 Å². The molecule has 146 valence electrons. The Morgan fingerprint density at radius 2 is 1.69 bits per heavy atom. The van der Waals surface area contributed by atoms with Crippen molar-refractivity contribution in [3.63, 3.8) is 0 Å². The molecular formula is C22H18N2O4S. The van der Waals surface area contributed by atoms with Crippen molar-refractivity contribution in [2.45, 2.75) is 11.8 Å². The average Bonchev–Trinajstić information content (AvgIpc) is 2.74. The largest absolute Gasteiger partial charge is 0.321 e. The molecule has 0 aliphatic heterocycles. The van der Waals surface area contributed by atoms with Gasteiger partial charge in [0.15, 0.2) is 5.78 Å². The standard InChI is InChI=1S/C22H18N2O4S/c1-15-10-11-18(24(27)28)13-20(15)23-22(26)17-8-5-9-19(12-17)29-14-21(25)16-6-3-2-4-7-16/h2-13H,14H2,1H3,(H,23,26). The number of hydrogen-bond acceptors (Lipinski definition) is 5. The van der Waals surface area contributed by atoms with Crippen LogP contribution < -0.4 is 5.32 Å². The number of carbonyl (C=O) groups is 2. The van der Waals surface area contributed by atoms with Gasteiger partial charge in [-0.05, 0) is 30.7 Å². The summed E-state index contributed by atoms with van der Waals surface area (Å²) in [5.41, 5.74) is 2.09. The zero-order valence-electron chi connectivity index (χ0n) is 15.6. The molecule has 0 spiro atoms. The predicted octanol–water partition coefficient (Wildman–Crippen LogP) is 5.13. The van der Waals surface area contributed by atoms with Crippen LogP contribution >= 0.6 is 11.8 Å². The number of nitro benzene ring substituents is 1. The second-order valence-electron chi connectivity index (χ2n) is 6.32. The number of amides is 1. The lowest BCUT2D eigenvalue weighted by atomic mass is 10.1. The van der Waals surface area contributed by atoms with E-state index in [0.29, 0.717) is 16.8 Å². The Hall–Kier alpha value is -3.45. The van der Waals surface area contributed by atoms with Crippen LogP contribution in [0.1, 0.15) is 26.3 Å². The number of ketones is 1. The quantitative estimate of drug-likeness (QED) is 0.254. The van der Waals surface area contributed by atoms with Crippen LogP contribution in [0.3, 0.4) is 0 Å². The second kappa shape index (κ2) is 9.16. The minimum absolute atomic E-state index is 0.0117. The molecule has 0 saturated carbocycles. The van der Waals surface area contributed by atoms with Gasteiger partial charge in [-0.2, -0.15) is 0 Å². The van der Waals surface area contributed by atoms with E-state index in [1.54, 1.807) is 43.3 Å². The van der Waals surface area contributed by atoms with Crippen LogP contribution in [0.2, 0.25) is 0 Å². The Labute approximate surface area is 172 Å². The van der Waals surface area contributed by atoms with Gasteiger partial charge in [0.2, 0.25) is 0 Å². The van der Waals surface area contributed by atoms with E-state index in [1.165, 1.54) is 23.9 Å². The van der Waals surface area contributed by atoms with Crippen molar-refractivity contribution >= 4 is 34.8 Å². The van der Waals surface area contributed by atoms with Crippen LogP contribution in [-0.2, 0) is 0 Å². The molecule has 29 heavy (non-hydrogen) atoms. The van der Waals surface area contributed by atoms with Gasteiger partial charge in [-0.25, -0.2) is 0 Å². The summed E-state index contributed by atoms with van der Waals surface area (Å²) in [7, 11) is 0. The Kier molecular flexibility index (Phi) is 6.41. The molecule has 1 amide bonds. The second-order valence-corrected chi connectivity index (χ2v) is 7.36. The lowest BCUT2D eigenvalue weighted by molar-refractivity contribution is -0.384. The number of rotatable bonds is 7. The van der Waals surface area contributed by atoms with Crippen LogP contribution in [-0.4, -0.2) is 22.4 Å². The molecule has 0 aliphatic carbocycles. The number of anilines is 1. The number of carbonyl (C=O) groups excluding carboxylic acids is 2. The fourth-order valence-electron chi connectivity index (χ4n) is 2.64. The number of nitrogens with one attached hydrogen (secondary N) is 1. The smallest absolute Gasteiger partial charge is 0.271 e. The van der Waals surface area contributed by atoms with E-state index >= 15 is 0 Å².